The number of rotatable bonds is 6. The maximum Gasteiger partial charge on any atom is 0.191 e. The number of nitrogens with zero attached hydrogens (tertiary/aromatic N) is 2. The monoisotopic (exact) mass is 330 g/mol. The molecule has 0 spiro atoms. The van der Waals surface area contributed by atoms with Gasteiger partial charge in [-0.25, -0.2) is 0 Å². The maximum absolute atomic E-state index is 5.53. The van der Waals surface area contributed by atoms with Crippen LogP contribution in [-0.4, -0.2) is 57.3 Å². The number of nitrogens with one attached hydrogen (secondary N) is 2. The molecule has 1 aliphatic carbocycles. The Hall–Kier alpha value is -1.59. The van der Waals surface area contributed by atoms with Crippen molar-refractivity contribution >= 4 is 5.96 Å². The summed E-state index contributed by atoms with van der Waals surface area (Å²) >= 11 is 0. The van der Waals surface area contributed by atoms with Gasteiger partial charge in [0.05, 0.1) is 19.3 Å². The van der Waals surface area contributed by atoms with Crippen LogP contribution in [0.1, 0.15) is 30.0 Å². The molecule has 1 atom stereocenters. The Bertz CT molecular complexity index is 533. The summed E-state index contributed by atoms with van der Waals surface area (Å²) in [5.41, 5.74) is 2.65. The Balaban J connectivity index is 1.63. The number of aryl methyl sites for hydroxylation is 1. The van der Waals surface area contributed by atoms with Gasteiger partial charge in [0.15, 0.2) is 5.96 Å². The van der Waals surface area contributed by atoms with Crippen LogP contribution >= 0.6 is 0 Å². The van der Waals surface area contributed by atoms with Crippen LogP contribution in [0.2, 0.25) is 0 Å². The molecule has 0 bridgehead atoms. The molecule has 2 fully saturated rings. The van der Waals surface area contributed by atoms with Gasteiger partial charge in [-0.2, -0.15) is 0 Å². The van der Waals surface area contributed by atoms with Crippen molar-refractivity contribution < 1.29 is 4.74 Å². The van der Waals surface area contributed by atoms with Crippen molar-refractivity contribution in [2.45, 2.75) is 25.8 Å². The number of ether oxygens (including phenoxy) is 1. The second-order valence-electron chi connectivity index (χ2n) is 6.85. The SMILES string of the molecule is CN=C(NCC1CC1)NCC(c1ccc(C)cc1)N1CCOCC1. The van der Waals surface area contributed by atoms with E-state index >= 15 is 0 Å². The van der Waals surface area contributed by atoms with Crippen molar-refractivity contribution in [2.24, 2.45) is 10.9 Å². The zero-order valence-electron chi connectivity index (χ0n) is 14.9. The van der Waals surface area contributed by atoms with Gasteiger partial charge in [-0.05, 0) is 31.2 Å². The van der Waals surface area contributed by atoms with Crippen molar-refractivity contribution in [2.75, 3.05) is 46.4 Å². The molecular formula is C19H30N4O. The van der Waals surface area contributed by atoms with E-state index in [1.54, 1.807) is 0 Å². The van der Waals surface area contributed by atoms with Gasteiger partial charge in [0.2, 0.25) is 0 Å². The minimum absolute atomic E-state index is 0.342. The Morgan fingerprint density at radius 3 is 2.54 bits per heavy atom. The van der Waals surface area contributed by atoms with Crippen LogP contribution < -0.4 is 10.6 Å². The smallest absolute Gasteiger partial charge is 0.191 e. The zero-order chi connectivity index (χ0) is 16.8. The highest BCUT2D eigenvalue weighted by atomic mass is 16.5. The summed E-state index contributed by atoms with van der Waals surface area (Å²) in [7, 11) is 1.85. The van der Waals surface area contributed by atoms with E-state index in [1.165, 1.54) is 24.0 Å². The summed E-state index contributed by atoms with van der Waals surface area (Å²) in [4.78, 5) is 6.87. The molecule has 132 valence electrons. The molecule has 0 amide bonds. The first kappa shape index (κ1) is 17.2. The van der Waals surface area contributed by atoms with Gasteiger partial charge in [0, 0.05) is 33.2 Å². The van der Waals surface area contributed by atoms with E-state index in [0.29, 0.717) is 6.04 Å². The topological polar surface area (TPSA) is 48.9 Å². The van der Waals surface area contributed by atoms with E-state index in [2.05, 4.69) is 51.7 Å². The highest BCUT2D eigenvalue weighted by Crippen LogP contribution is 2.27. The van der Waals surface area contributed by atoms with E-state index in [0.717, 1.165) is 51.3 Å². The quantitative estimate of drug-likeness (QED) is 0.618. The molecular weight excluding hydrogens is 300 g/mol. The number of aliphatic imine (C=N–C) groups is 1. The third-order valence-electron chi connectivity index (χ3n) is 4.89. The van der Waals surface area contributed by atoms with Gasteiger partial charge in [-0.3, -0.25) is 9.89 Å². The fraction of sp³-hybridized carbons (Fsp3) is 0.632. The molecule has 1 saturated heterocycles. The number of guanidine groups is 1. The van der Waals surface area contributed by atoms with E-state index in [4.69, 9.17) is 4.74 Å². The molecule has 2 N–H and O–H groups in total. The summed E-state index contributed by atoms with van der Waals surface area (Å²) < 4.78 is 5.53. The average molecular weight is 330 g/mol. The van der Waals surface area contributed by atoms with Crippen molar-refractivity contribution in [1.82, 2.24) is 15.5 Å². The predicted octanol–water partition coefficient (Wildman–Crippen LogP) is 1.94. The van der Waals surface area contributed by atoms with Crippen LogP contribution in [0, 0.1) is 12.8 Å². The maximum atomic E-state index is 5.53. The Labute approximate surface area is 145 Å². The molecule has 1 aromatic rings. The lowest BCUT2D eigenvalue weighted by atomic mass is 10.0. The van der Waals surface area contributed by atoms with Crippen molar-refractivity contribution in [3.63, 3.8) is 0 Å². The third kappa shape index (κ3) is 4.95. The molecule has 5 heteroatoms. The van der Waals surface area contributed by atoms with Gasteiger partial charge < -0.3 is 15.4 Å². The number of hydrogen-bond acceptors (Lipinski definition) is 3. The second-order valence-corrected chi connectivity index (χ2v) is 6.85. The van der Waals surface area contributed by atoms with Gasteiger partial charge >= 0.3 is 0 Å². The Morgan fingerprint density at radius 1 is 1.21 bits per heavy atom. The molecule has 1 heterocycles. The largest absolute Gasteiger partial charge is 0.379 e. The summed E-state index contributed by atoms with van der Waals surface area (Å²) in [5, 5.41) is 6.97. The summed E-state index contributed by atoms with van der Waals surface area (Å²) in [6.07, 6.45) is 2.70. The van der Waals surface area contributed by atoms with E-state index in [-0.39, 0.29) is 0 Å². The summed E-state index contributed by atoms with van der Waals surface area (Å²) in [5.74, 6) is 1.75. The first-order chi connectivity index (χ1) is 11.8. The van der Waals surface area contributed by atoms with Crippen molar-refractivity contribution in [3.8, 4) is 0 Å². The van der Waals surface area contributed by atoms with Gasteiger partial charge in [0.25, 0.3) is 0 Å². The number of morpholine rings is 1. The minimum Gasteiger partial charge on any atom is -0.379 e. The minimum atomic E-state index is 0.342. The molecule has 5 nitrogen and oxygen atoms in total. The molecule has 1 saturated carbocycles. The van der Waals surface area contributed by atoms with Crippen molar-refractivity contribution in [1.29, 1.82) is 0 Å². The highest BCUT2D eigenvalue weighted by molar-refractivity contribution is 5.79. The van der Waals surface area contributed by atoms with Gasteiger partial charge in [0.1, 0.15) is 0 Å². The Morgan fingerprint density at radius 2 is 1.92 bits per heavy atom. The lowest BCUT2D eigenvalue weighted by Crippen LogP contribution is -2.46. The molecule has 1 aliphatic heterocycles. The Kier molecular flexibility index (Phi) is 6.10. The standard InChI is InChI=1S/C19H30N4O/c1-15-3-7-17(8-4-15)18(23-9-11-24-12-10-23)14-22-19(20-2)21-13-16-5-6-16/h3-4,7-8,16,18H,5-6,9-14H2,1-2H3,(H2,20,21,22). The molecule has 24 heavy (non-hydrogen) atoms. The van der Waals surface area contributed by atoms with Crippen LogP contribution in [0.3, 0.4) is 0 Å². The molecule has 0 aromatic heterocycles. The lowest BCUT2D eigenvalue weighted by Gasteiger charge is -2.35. The third-order valence-corrected chi connectivity index (χ3v) is 4.89. The fourth-order valence-corrected chi connectivity index (χ4v) is 3.11. The molecule has 0 radical (unpaired) electrons. The van der Waals surface area contributed by atoms with Crippen LogP contribution in [0.4, 0.5) is 0 Å². The predicted molar refractivity (Wildman–Crippen MR) is 98.4 cm³/mol. The molecule has 2 aliphatic rings. The van der Waals surface area contributed by atoms with Gasteiger partial charge in [-0.1, -0.05) is 29.8 Å². The molecule has 1 unspecified atom stereocenters. The number of benzene rings is 1. The lowest BCUT2D eigenvalue weighted by molar-refractivity contribution is 0.0170. The van der Waals surface area contributed by atoms with Crippen LogP contribution in [-0.2, 0) is 4.74 Å². The van der Waals surface area contributed by atoms with E-state index in [1.807, 2.05) is 7.05 Å². The van der Waals surface area contributed by atoms with Crippen molar-refractivity contribution in [3.05, 3.63) is 35.4 Å². The first-order valence-electron chi connectivity index (χ1n) is 9.09. The average Bonchev–Trinajstić information content (AvgIpc) is 3.44. The van der Waals surface area contributed by atoms with E-state index in [9.17, 15) is 0 Å². The summed E-state index contributed by atoms with van der Waals surface area (Å²) in [6.45, 7) is 7.62. The van der Waals surface area contributed by atoms with Crippen LogP contribution in [0.25, 0.3) is 0 Å². The first-order valence-corrected chi connectivity index (χ1v) is 9.09. The summed E-state index contributed by atoms with van der Waals surface area (Å²) in [6, 6.07) is 9.23. The highest BCUT2D eigenvalue weighted by Gasteiger charge is 2.24. The zero-order valence-corrected chi connectivity index (χ0v) is 14.9. The molecule has 3 rings (SSSR count). The van der Waals surface area contributed by atoms with Gasteiger partial charge in [-0.15, -0.1) is 0 Å². The second kappa shape index (κ2) is 8.49. The van der Waals surface area contributed by atoms with E-state index < -0.39 is 0 Å². The fourth-order valence-electron chi connectivity index (χ4n) is 3.11. The number of hydrogen-bond donors (Lipinski definition) is 2. The van der Waals surface area contributed by atoms with Crippen LogP contribution in [0.5, 0.6) is 0 Å². The molecule has 1 aromatic carbocycles. The normalized spacial score (nSPS) is 20.7. The van der Waals surface area contributed by atoms with Crippen LogP contribution in [0.15, 0.2) is 29.3 Å².